The zero-order chi connectivity index (χ0) is 13.5. The molecule has 0 amide bonds. The van der Waals surface area contributed by atoms with Crippen LogP contribution in [-0.4, -0.2) is 30.8 Å². The summed E-state index contributed by atoms with van der Waals surface area (Å²) >= 11 is 0. The van der Waals surface area contributed by atoms with Gasteiger partial charge in [0, 0.05) is 19.2 Å². The van der Waals surface area contributed by atoms with Crippen LogP contribution in [0.1, 0.15) is 19.8 Å². The Hall–Kier alpha value is -1.40. The third-order valence-electron chi connectivity index (χ3n) is 3.56. The lowest BCUT2D eigenvalue weighted by molar-refractivity contribution is 0.281. The van der Waals surface area contributed by atoms with Gasteiger partial charge in [-0.3, -0.25) is 0 Å². The first kappa shape index (κ1) is 12.6. The number of fused-ring (bicyclic) bond motifs is 1. The third-order valence-corrected chi connectivity index (χ3v) is 5.42. The Labute approximate surface area is 112 Å². The Morgan fingerprint density at radius 3 is 3.05 bits per heavy atom. The van der Waals surface area contributed by atoms with Crippen molar-refractivity contribution in [2.75, 3.05) is 13.1 Å². The van der Waals surface area contributed by atoms with Crippen LogP contribution in [0.3, 0.4) is 0 Å². The van der Waals surface area contributed by atoms with Gasteiger partial charge in [-0.25, -0.2) is 13.4 Å². The molecular weight excluding hydrogens is 264 g/mol. The van der Waals surface area contributed by atoms with Crippen molar-refractivity contribution in [1.82, 2.24) is 9.29 Å². The number of sulfonamides is 1. The Morgan fingerprint density at radius 1 is 1.42 bits per heavy atom. The first-order valence-corrected chi connectivity index (χ1v) is 7.85. The van der Waals surface area contributed by atoms with E-state index in [1.807, 2.05) is 0 Å². The zero-order valence-electron chi connectivity index (χ0n) is 10.7. The molecular formula is C13H16N2O3S. The average molecular weight is 280 g/mol. The Bertz CT molecular complexity index is 693. The van der Waals surface area contributed by atoms with Crippen molar-refractivity contribution in [2.24, 2.45) is 5.92 Å². The van der Waals surface area contributed by atoms with Crippen LogP contribution in [0, 0.1) is 5.92 Å². The van der Waals surface area contributed by atoms with Gasteiger partial charge in [-0.15, -0.1) is 0 Å². The van der Waals surface area contributed by atoms with Gasteiger partial charge in [0.2, 0.25) is 10.0 Å². The summed E-state index contributed by atoms with van der Waals surface area (Å²) in [5.74, 6) is 0.414. The second kappa shape index (κ2) is 4.61. The van der Waals surface area contributed by atoms with Gasteiger partial charge < -0.3 is 4.42 Å². The van der Waals surface area contributed by atoms with Gasteiger partial charge in [-0.2, -0.15) is 4.31 Å². The molecule has 1 saturated heterocycles. The van der Waals surface area contributed by atoms with E-state index >= 15 is 0 Å². The molecule has 0 saturated carbocycles. The van der Waals surface area contributed by atoms with Gasteiger partial charge in [0.1, 0.15) is 5.52 Å². The molecule has 1 fully saturated rings. The standard InChI is InChI=1S/C13H16N2O3S/c1-10-3-2-6-15(8-10)19(16,17)11-4-5-12-13(7-11)18-9-14-12/h4-5,7,9-10H,2-3,6,8H2,1H3. The summed E-state index contributed by atoms with van der Waals surface area (Å²) in [7, 11) is -3.42. The summed E-state index contributed by atoms with van der Waals surface area (Å²) in [4.78, 5) is 4.27. The smallest absolute Gasteiger partial charge is 0.243 e. The number of benzene rings is 1. The van der Waals surface area contributed by atoms with Crippen LogP contribution >= 0.6 is 0 Å². The first-order valence-electron chi connectivity index (χ1n) is 6.41. The maximum atomic E-state index is 12.6. The van der Waals surface area contributed by atoms with Gasteiger partial charge in [-0.1, -0.05) is 6.92 Å². The second-order valence-corrected chi connectivity index (χ2v) is 7.03. The molecule has 0 bridgehead atoms. The lowest BCUT2D eigenvalue weighted by atomic mass is 10.0. The Kier molecular flexibility index (Phi) is 3.06. The van der Waals surface area contributed by atoms with Crippen LogP contribution in [0.2, 0.25) is 0 Å². The highest BCUT2D eigenvalue weighted by Gasteiger charge is 2.28. The summed E-state index contributed by atoms with van der Waals surface area (Å²) < 4.78 is 31.9. The molecule has 2 aromatic rings. The molecule has 1 aromatic carbocycles. The molecule has 0 N–H and O–H groups in total. The summed E-state index contributed by atoms with van der Waals surface area (Å²) in [5, 5.41) is 0. The van der Waals surface area contributed by atoms with E-state index in [0.717, 1.165) is 12.8 Å². The van der Waals surface area contributed by atoms with E-state index in [0.29, 0.717) is 30.1 Å². The molecule has 0 aliphatic carbocycles. The highest BCUT2D eigenvalue weighted by molar-refractivity contribution is 7.89. The summed E-state index contributed by atoms with van der Waals surface area (Å²) in [6.07, 6.45) is 3.34. The molecule has 3 rings (SSSR count). The van der Waals surface area contributed by atoms with Crippen LogP contribution in [0.4, 0.5) is 0 Å². The van der Waals surface area contributed by atoms with Gasteiger partial charge in [0.15, 0.2) is 12.0 Å². The number of hydrogen-bond donors (Lipinski definition) is 0. The van der Waals surface area contributed by atoms with Crippen LogP contribution in [0.5, 0.6) is 0 Å². The minimum atomic E-state index is -3.42. The van der Waals surface area contributed by atoms with E-state index in [9.17, 15) is 8.42 Å². The van der Waals surface area contributed by atoms with Crippen molar-refractivity contribution in [3.05, 3.63) is 24.6 Å². The first-order chi connectivity index (χ1) is 9.07. The molecule has 1 aliphatic rings. The van der Waals surface area contributed by atoms with Gasteiger partial charge in [0.05, 0.1) is 4.90 Å². The van der Waals surface area contributed by atoms with E-state index < -0.39 is 10.0 Å². The van der Waals surface area contributed by atoms with Crippen molar-refractivity contribution in [3.63, 3.8) is 0 Å². The number of rotatable bonds is 2. The van der Waals surface area contributed by atoms with Gasteiger partial charge >= 0.3 is 0 Å². The molecule has 1 aliphatic heterocycles. The number of aromatic nitrogens is 1. The fourth-order valence-electron chi connectivity index (χ4n) is 2.51. The highest BCUT2D eigenvalue weighted by Crippen LogP contribution is 2.25. The van der Waals surface area contributed by atoms with Gasteiger partial charge in [0.25, 0.3) is 0 Å². The minimum absolute atomic E-state index is 0.283. The molecule has 6 heteroatoms. The predicted molar refractivity (Wildman–Crippen MR) is 71.2 cm³/mol. The second-order valence-electron chi connectivity index (χ2n) is 5.09. The van der Waals surface area contributed by atoms with Crippen molar-refractivity contribution in [2.45, 2.75) is 24.7 Å². The SMILES string of the molecule is CC1CCCN(S(=O)(=O)c2ccc3ncoc3c2)C1. The topological polar surface area (TPSA) is 63.4 Å². The number of piperidine rings is 1. The summed E-state index contributed by atoms with van der Waals surface area (Å²) in [6, 6.07) is 4.83. The molecule has 1 unspecified atom stereocenters. The Morgan fingerprint density at radius 2 is 2.26 bits per heavy atom. The van der Waals surface area contributed by atoms with Gasteiger partial charge in [-0.05, 0) is 30.9 Å². The molecule has 1 atom stereocenters. The van der Waals surface area contributed by atoms with Crippen molar-refractivity contribution < 1.29 is 12.8 Å². The zero-order valence-corrected chi connectivity index (χ0v) is 11.6. The van der Waals surface area contributed by atoms with Crippen molar-refractivity contribution in [3.8, 4) is 0 Å². The molecule has 2 heterocycles. The average Bonchev–Trinajstić information content (AvgIpc) is 2.85. The summed E-state index contributed by atoms with van der Waals surface area (Å²) in [6.45, 7) is 3.28. The van der Waals surface area contributed by atoms with Crippen LogP contribution in [-0.2, 0) is 10.0 Å². The molecule has 0 radical (unpaired) electrons. The van der Waals surface area contributed by atoms with Crippen LogP contribution in [0.25, 0.3) is 11.1 Å². The maximum absolute atomic E-state index is 12.6. The molecule has 19 heavy (non-hydrogen) atoms. The van der Waals surface area contributed by atoms with Crippen LogP contribution < -0.4 is 0 Å². The highest BCUT2D eigenvalue weighted by atomic mass is 32.2. The minimum Gasteiger partial charge on any atom is -0.443 e. The monoisotopic (exact) mass is 280 g/mol. The molecule has 102 valence electrons. The third kappa shape index (κ3) is 2.26. The molecule has 5 nitrogen and oxygen atoms in total. The van der Waals surface area contributed by atoms with E-state index in [4.69, 9.17) is 4.42 Å². The van der Waals surface area contributed by atoms with Crippen molar-refractivity contribution in [1.29, 1.82) is 0 Å². The largest absolute Gasteiger partial charge is 0.443 e. The predicted octanol–water partition coefficient (Wildman–Crippen LogP) is 2.25. The van der Waals surface area contributed by atoms with E-state index in [1.165, 1.54) is 6.39 Å². The molecule has 1 aromatic heterocycles. The quantitative estimate of drug-likeness (QED) is 0.846. The Balaban J connectivity index is 1.98. The van der Waals surface area contributed by atoms with E-state index in [-0.39, 0.29) is 4.90 Å². The fourth-order valence-corrected chi connectivity index (χ4v) is 4.12. The van der Waals surface area contributed by atoms with Crippen molar-refractivity contribution >= 4 is 21.1 Å². The fraction of sp³-hybridized carbons (Fsp3) is 0.462. The number of hydrogen-bond acceptors (Lipinski definition) is 4. The molecule has 0 spiro atoms. The summed E-state index contributed by atoms with van der Waals surface area (Å²) in [5.41, 5.74) is 1.18. The maximum Gasteiger partial charge on any atom is 0.243 e. The normalized spacial score (nSPS) is 21.8. The van der Waals surface area contributed by atoms with Crippen LogP contribution in [0.15, 0.2) is 33.9 Å². The van der Waals surface area contributed by atoms with E-state index in [2.05, 4.69) is 11.9 Å². The number of oxazole rings is 1. The lowest BCUT2D eigenvalue weighted by Crippen LogP contribution is -2.39. The number of nitrogens with zero attached hydrogens (tertiary/aromatic N) is 2. The lowest BCUT2D eigenvalue weighted by Gasteiger charge is -2.29. The van der Waals surface area contributed by atoms with E-state index in [1.54, 1.807) is 22.5 Å².